The van der Waals surface area contributed by atoms with Crippen molar-refractivity contribution in [3.63, 3.8) is 0 Å². The van der Waals surface area contributed by atoms with Gasteiger partial charge in [-0.05, 0) is 49.8 Å². The second kappa shape index (κ2) is 12.2. The Balaban J connectivity index is 1.76. The molecule has 1 atom stereocenters. The molecule has 1 saturated heterocycles. The maximum Gasteiger partial charge on any atom is 0.152 e. The average molecular weight is 504 g/mol. The highest BCUT2D eigenvalue weighted by atomic mass is 35.5. The number of aromatic nitrogens is 1. The Kier molecular flexibility index (Phi) is 9.26. The van der Waals surface area contributed by atoms with Crippen LogP contribution in [0, 0.1) is 18.6 Å². The molecule has 1 aromatic carbocycles. The van der Waals surface area contributed by atoms with Crippen molar-refractivity contribution in [3.05, 3.63) is 89.0 Å². The molecule has 1 aliphatic rings. The van der Waals surface area contributed by atoms with Gasteiger partial charge in [-0.3, -0.25) is 9.89 Å². The topological polar surface area (TPSA) is 45.0 Å². The number of amidine groups is 1. The summed E-state index contributed by atoms with van der Waals surface area (Å²) in [4.78, 5) is 14.6. The van der Waals surface area contributed by atoms with Gasteiger partial charge in [-0.15, -0.1) is 0 Å². The van der Waals surface area contributed by atoms with Gasteiger partial charge in [-0.2, -0.15) is 4.73 Å². The van der Waals surface area contributed by atoms with Gasteiger partial charge in [0.1, 0.15) is 17.5 Å². The van der Waals surface area contributed by atoms with Crippen LogP contribution in [0.15, 0.2) is 60.5 Å². The van der Waals surface area contributed by atoms with Gasteiger partial charge in [0.25, 0.3) is 0 Å². The van der Waals surface area contributed by atoms with E-state index in [1.54, 1.807) is 26.4 Å². The molecule has 1 aliphatic heterocycles. The van der Waals surface area contributed by atoms with Gasteiger partial charge in [0.05, 0.1) is 22.8 Å². The fraction of sp³-hybridized carbons (Fsp3) is 0.346. The summed E-state index contributed by atoms with van der Waals surface area (Å²) in [5.74, 6) is -0.488. The summed E-state index contributed by atoms with van der Waals surface area (Å²) in [6, 6.07) is 3.90. The molecule has 2 heterocycles. The molecular weight excluding hydrogens is 472 g/mol. The molecule has 1 fully saturated rings. The van der Waals surface area contributed by atoms with Gasteiger partial charge < -0.3 is 15.1 Å². The smallest absolute Gasteiger partial charge is 0.152 e. The van der Waals surface area contributed by atoms with Crippen LogP contribution in [0.1, 0.15) is 29.8 Å². The van der Waals surface area contributed by atoms with E-state index in [0.717, 1.165) is 55.4 Å². The zero-order chi connectivity index (χ0) is 25.5. The standard InChI is InChI=1S/C26H32ClF2N5O/c1-6-33(24(30-5)17-32-15-12-31-13-16-32)19(3)7-10-23-18(2)11-14-34(23)35-20(4)25-21(28)8-9-22(29)26(25)27/h6-11,14,20,31H,1,3,12-13,15-17H2,2,4-5H3/b10-7-,30-24?. The molecule has 0 bridgehead atoms. The number of nitrogens with one attached hydrogen (secondary N) is 1. The van der Waals surface area contributed by atoms with Crippen LogP contribution in [0.25, 0.3) is 6.08 Å². The summed E-state index contributed by atoms with van der Waals surface area (Å²) in [5.41, 5.74) is 2.30. The first kappa shape index (κ1) is 26.7. The zero-order valence-electron chi connectivity index (χ0n) is 20.4. The van der Waals surface area contributed by atoms with E-state index >= 15 is 0 Å². The molecule has 1 N–H and O–H groups in total. The van der Waals surface area contributed by atoms with Gasteiger partial charge >= 0.3 is 0 Å². The SMILES string of the molecule is C=CN(C(=C)/C=C\c1c(C)ccn1OC(C)c1c(F)ccc(F)c1Cl)C(CN1CCNCC1)=NC. The molecule has 1 unspecified atom stereocenters. The van der Waals surface area contributed by atoms with Crippen molar-refractivity contribution in [1.29, 1.82) is 0 Å². The Morgan fingerprint density at radius 1 is 1.29 bits per heavy atom. The highest BCUT2D eigenvalue weighted by Gasteiger charge is 2.21. The number of halogens is 3. The second-order valence-corrected chi connectivity index (χ2v) is 8.64. The average Bonchev–Trinajstić information content (AvgIpc) is 3.19. The third kappa shape index (κ3) is 6.39. The summed E-state index contributed by atoms with van der Waals surface area (Å²) >= 11 is 6.01. The van der Waals surface area contributed by atoms with Crippen LogP contribution >= 0.6 is 11.6 Å². The van der Waals surface area contributed by atoms with Crippen molar-refractivity contribution < 1.29 is 13.6 Å². The summed E-state index contributed by atoms with van der Waals surface area (Å²) < 4.78 is 29.8. The monoisotopic (exact) mass is 503 g/mol. The predicted octanol–water partition coefficient (Wildman–Crippen LogP) is 4.82. The maximum absolute atomic E-state index is 14.3. The first-order chi connectivity index (χ1) is 16.8. The lowest BCUT2D eigenvalue weighted by Gasteiger charge is -2.31. The minimum atomic E-state index is -0.831. The van der Waals surface area contributed by atoms with Crippen molar-refractivity contribution in [2.75, 3.05) is 39.8 Å². The summed E-state index contributed by atoms with van der Waals surface area (Å²) in [6.45, 7) is 16.1. The van der Waals surface area contributed by atoms with Gasteiger partial charge in [0.2, 0.25) is 0 Å². The lowest BCUT2D eigenvalue weighted by molar-refractivity contribution is 0.0448. The van der Waals surface area contributed by atoms with Crippen LogP contribution in [-0.4, -0.2) is 60.1 Å². The van der Waals surface area contributed by atoms with Crippen LogP contribution in [-0.2, 0) is 0 Å². The molecule has 0 saturated carbocycles. The van der Waals surface area contributed by atoms with E-state index in [0.29, 0.717) is 12.2 Å². The van der Waals surface area contributed by atoms with E-state index in [1.165, 1.54) is 4.73 Å². The van der Waals surface area contributed by atoms with E-state index in [2.05, 4.69) is 28.4 Å². The molecule has 0 aliphatic carbocycles. The minimum absolute atomic E-state index is 0.0353. The lowest BCUT2D eigenvalue weighted by atomic mass is 10.1. The third-order valence-electron chi connectivity index (χ3n) is 5.90. The molecule has 0 radical (unpaired) electrons. The van der Waals surface area contributed by atoms with E-state index < -0.39 is 17.7 Å². The largest absolute Gasteiger partial charge is 0.406 e. The van der Waals surface area contributed by atoms with Crippen LogP contribution in [0.2, 0.25) is 5.02 Å². The molecule has 3 rings (SSSR count). The number of nitrogens with zero attached hydrogens (tertiary/aromatic N) is 4. The number of aryl methyl sites for hydroxylation is 1. The molecule has 9 heteroatoms. The summed E-state index contributed by atoms with van der Waals surface area (Å²) in [6.07, 6.45) is 6.27. The highest BCUT2D eigenvalue weighted by Crippen LogP contribution is 2.29. The molecule has 188 valence electrons. The van der Waals surface area contributed by atoms with Crippen molar-refractivity contribution >= 4 is 23.5 Å². The maximum atomic E-state index is 14.3. The molecule has 35 heavy (non-hydrogen) atoms. The Morgan fingerprint density at radius 2 is 1.97 bits per heavy atom. The number of hydrogen-bond acceptors (Lipinski definition) is 4. The molecular formula is C26H32ClF2N5O. The Labute approximate surface area is 210 Å². The van der Waals surface area contributed by atoms with Crippen LogP contribution in [0.5, 0.6) is 0 Å². The van der Waals surface area contributed by atoms with E-state index in [9.17, 15) is 8.78 Å². The van der Waals surface area contributed by atoms with E-state index in [-0.39, 0.29) is 10.6 Å². The van der Waals surface area contributed by atoms with Gasteiger partial charge in [0.15, 0.2) is 6.10 Å². The van der Waals surface area contributed by atoms with Crippen molar-refractivity contribution in [1.82, 2.24) is 19.8 Å². The quantitative estimate of drug-likeness (QED) is 0.230. The predicted molar refractivity (Wildman–Crippen MR) is 138 cm³/mol. The number of rotatable bonds is 9. The highest BCUT2D eigenvalue weighted by molar-refractivity contribution is 6.31. The van der Waals surface area contributed by atoms with Crippen LogP contribution in [0.3, 0.4) is 0 Å². The van der Waals surface area contributed by atoms with E-state index in [1.807, 2.05) is 30.0 Å². The molecule has 0 amide bonds. The molecule has 0 spiro atoms. The Hall–Kier alpha value is -2.94. The first-order valence-electron chi connectivity index (χ1n) is 11.4. The van der Waals surface area contributed by atoms with Gasteiger partial charge in [-0.1, -0.05) is 24.8 Å². The second-order valence-electron chi connectivity index (χ2n) is 8.26. The fourth-order valence-corrected chi connectivity index (χ4v) is 4.23. The van der Waals surface area contributed by atoms with Gasteiger partial charge in [-0.25, -0.2) is 8.78 Å². The lowest BCUT2D eigenvalue weighted by Crippen LogP contribution is -2.47. The fourth-order valence-electron chi connectivity index (χ4n) is 3.92. The minimum Gasteiger partial charge on any atom is -0.406 e. The number of hydrogen-bond donors (Lipinski definition) is 1. The zero-order valence-corrected chi connectivity index (χ0v) is 21.2. The molecule has 1 aromatic heterocycles. The normalized spacial score (nSPS) is 15.9. The number of piperazine rings is 1. The Morgan fingerprint density at radius 3 is 2.63 bits per heavy atom. The molecule has 6 nitrogen and oxygen atoms in total. The third-order valence-corrected chi connectivity index (χ3v) is 6.28. The first-order valence-corrected chi connectivity index (χ1v) is 11.8. The summed E-state index contributed by atoms with van der Waals surface area (Å²) in [7, 11) is 1.76. The van der Waals surface area contributed by atoms with Crippen molar-refractivity contribution in [3.8, 4) is 0 Å². The molecule has 2 aromatic rings. The summed E-state index contributed by atoms with van der Waals surface area (Å²) in [5, 5.41) is 3.06. The number of benzene rings is 1. The number of allylic oxidation sites excluding steroid dienone is 1. The Bertz CT molecular complexity index is 1120. The van der Waals surface area contributed by atoms with Crippen molar-refractivity contribution in [2.45, 2.75) is 20.0 Å². The van der Waals surface area contributed by atoms with Crippen LogP contribution in [0.4, 0.5) is 8.78 Å². The van der Waals surface area contributed by atoms with Crippen LogP contribution < -0.4 is 10.2 Å². The number of aliphatic imine (C=N–C) groups is 1. The van der Waals surface area contributed by atoms with E-state index in [4.69, 9.17) is 16.4 Å². The van der Waals surface area contributed by atoms with Crippen molar-refractivity contribution in [2.24, 2.45) is 4.99 Å². The van der Waals surface area contributed by atoms with Gasteiger partial charge in [0, 0.05) is 51.3 Å².